The minimum absolute atomic E-state index is 0. The average molecular weight is 285 g/mol. The molecule has 0 bridgehead atoms. The molecule has 0 N–H and O–H groups in total. The van der Waals surface area contributed by atoms with Crippen molar-refractivity contribution in [3.8, 4) is 0 Å². The first-order valence-electron chi connectivity index (χ1n) is 3.50. The molecule has 0 atom stereocenters. The molecule has 0 nitrogen and oxygen atoms in total. The van der Waals surface area contributed by atoms with Gasteiger partial charge in [-0.25, -0.2) is 0 Å². The van der Waals surface area contributed by atoms with Crippen LogP contribution < -0.4 is 0 Å². The van der Waals surface area contributed by atoms with Crippen molar-refractivity contribution in [2.24, 2.45) is 0 Å². The fourth-order valence-electron chi connectivity index (χ4n) is 0. The minimum Gasteiger partial charge on any atom is -0.552 e. The van der Waals surface area contributed by atoms with Gasteiger partial charge in [0.25, 0.3) is 0 Å². The monoisotopic (exact) mass is 284 g/mol. The van der Waals surface area contributed by atoms with Gasteiger partial charge in [-0.15, -0.1) is 0 Å². The van der Waals surface area contributed by atoms with E-state index in [1.807, 2.05) is 0 Å². The fourth-order valence-corrected chi connectivity index (χ4v) is 0. The minimum atomic E-state index is 0. The molecule has 0 aliphatic heterocycles. The van der Waals surface area contributed by atoms with Crippen LogP contribution in [0.25, 0.3) is 0 Å². The van der Waals surface area contributed by atoms with Crippen molar-refractivity contribution in [2.75, 3.05) is 0 Å². The molecule has 72 valence electrons. The first kappa shape index (κ1) is 18.3. The van der Waals surface area contributed by atoms with Crippen LogP contribution in [0, 0.1) is 0 Å². The predicted octanol–water partition coefficient (Wildman–Crippen LogP) is 3.85. The van der Waals surface area contributed by atoms with Crippen LogP contribution in [-0.4, -0.2) is 10.3 Å². The zero-order valence-electron chi connectivity index (χ0n) is 8.32. The number of rotatable bonds is 0. The largest absolute Gasteiger partial charge is 2.00 e. The van der Waals surface area contributed by atoms with Crippen molar-refractivity contribution in [1.29, 1.82) is 0 Å². The zero-order chi connectivity index (χ0) is 9.00. The van der Waals surface area contributed by atoms with Gasteiger partial charge in [0.05, 0.1) is 0 Å². The summed E-state index contributed by atoms with van der Waals surface area (Å²) in [6, 6.07) is 0. The Labute approximate surface area is 90.7 Å². The van der Waals surface area contributed by atoms with Crippen LogP contribution in [0.5, 0.6) is 0 Å². The first-order valence-corrected chi connectivity index (χ1v) is 4.50. The Kier molecular flexibility index (Phi) is 11.6. The summed E-state index contributed by atoms with van der Waals surface area (Å²) in [4.78, 5) is 0. The molecule has 0 saturated carbocycles. The molecule has 0 fully saturated rings. The summed E-state index contributed by atoms with van der Waals surface area (Å²) < 4.78 is 0. The molecular formula is C8H20P2Pd. The van der Waals surface area contributed by atoms with E-state index in [0.717, 1.165) is 0 Å². The summed E-state index contributed by atoms with van der Waals surface area (Å²) in [7, 11) is 6.84. The van der Waals surface area contributed by atoms with Gasteiger partial charge in [0.2, 0.25) is 0 Å². The molecule has 0 radical (unpaired) electrons. The Morgan fingerprint density at radius 3 is 0.636 bits per heavy atom. The molecule has 0 spiro atoms. The van der Waals surface area contributed by atoms with Crippen molar-refractivity contribution >= 4 is 18.5 Å². The van der Waals surface area contributed by atoms with Crippen molar-refractivity contribution in [2.45, 2.75) is 51.9 Å². The van der Waals surface area contributed by atoms with E-state index in [4.69, 9.17) is 0 Å². The normalized spacial score (nSPS) is 10.9. The summed E-state index contributed by atoms with van der Waals surface area (Å²) >= 11 is 0. The van der Waals surface area contributed by atoms with Crippen LogP contribution in [0.3, 0.4) is 0 Å². The maximum absolute atomic E-state index is 3.42. The van der Waals surface area contributed by atoms with Crippen LogP contribution in [-0.2, 0) is 20.4 Å². The maximum atomic E-state index is 3.42. The Bertz CT molecular complexity index is 55.1. The van der Waals surface area contributed by atoms with Gasteiger partial charge in [0, 0.05) is 0 Å². The summed E-state index contributed by atoms with van der Waals surface area (Å²) in [6.45, 7) is 12.6. The molecule has 0 unspecified atom stereocenters. The second kappa shape index (κ2) is 6.98. The maximum Gasteiger partial charge on any atom is 2.00 e. The first-order chi connectivity index (χ1) is 4.00. The molecular weight excluding hydrogens is 264 g/mol. The topological polar surface area (TPSA) is 0 Å². The van der Waals surface area contributed by atoms with Gasteiger partial charge in [-0.3, -0.25) is 0 Å². The van der Waals surface area contributed by atoms with E-state index < -0.39 is 0 Å². The number of hydrogen-bond donors (Lipinski definition) is 0. The van der Waals surface area contributed by atoms with Crippen LogP contribution in [0.2, 0.25) is 0 Å². The molecule has 0 heterocycles. The SMILES string of the molecule is CC(C)(C)[PH-].CC(C)(C)[PH-].[Pd+2]. The van der Waals surface area contributed by atoms with Gasteiger partial charge >= 0.3 is 20.4 Å². The second-order valence-corrected chi connectivity index (χ2v) is 7.50. The molecule has 3 heteroatoms. The molecule has 0 saturated heterocycles. The van der Waals surface area contributed by atoms with Crippen LogP contribution in [0.15, 0.2) is 0 Å². The number of hydrogen-bond acceptors (Lipinski definition) is 0. The van der Waals surface area contributed by atoms with Gasteiger partial charge in [-0.1, -0.05) is 41.5 Å². The van der Waals surface area contributed by atoms with E-state index in [-0.39, 0.29) is 20.4 Å². The molecule has 0 aromatic rings. The molecule has 0 rings (SSSR count). The van der Waals surface area contributed by atoms with Gasteiger partial charge in [0.1, 0.15) is 0 Å². The van der Waals surface area contributed by atoms with Crippen LogP contribution >= 0.6 is 18.5 Å². The Balaban J connectivity index is -0.000000107. The average Bonchev–Trinajstić information content (AvgIpc) is 1.12. The summed E-state index contributed by atoms with van der Waals surface area (Å²) in [5.74, 6) is 0. The summed E-state index contributed by atoms with van der Waals surface area (Å²) in [5.41, 5.74) is 0. The van der Waals surface area contributed by atoms with Crippen molar-refractivity contribution in [3.05, 3.63) is 0 Å². The third-order valence-electron chi connectivity index (χ3n) is 0. The predicted molar refractivity (Wildman–Crippen MR) is 56.1 cm³/mol. The smallest absolute Gasteiger partial charge is 0.552 e. The molecule has 0 aromatic heterocycles. The molecule has 0 aliphatic carbocycles. The van der Waals surface area contributed by atoms with E-state index in [1.54, 1.807) is 0 Å². The fraction of sp³-hybridized carbons (Fsp3) is 1.00. The molecule has 0 amide bonds. The summed E-state index contributed by atoms with van der Waals surface area (Å²) in [6.07, 6.45) is 0. The standard InChI is InChI=1S/2C4H10P.Pd/c2*1-4(2,3)5;/h2*5H,1-3H3;/q2*-1;+2. The third-order valence-corrected chi connectivity index (χ3v) is 0. The van der Waals surface area contributed by atoms with Gasteiger partial charge in [-0.2, -0.15) is 10.3 Å². The molecule has 11 heavy (non-hydrogen) atoms. The van der Waals surface area contributed by atoms with Crippen molar-refractivity contribution in [3.63, 3.8) is 0 Å². The van der Waals surface area contributed by atoms with Gasteiger partial charge in [-0.05, 0) is 0 Å². The quantitative estimate of drug-likeness (QED) is 0.468. The Hall–Kier alpha value is 1.52. The van der Waals surface area contributed by atoms with Crippen molar-refractivity contribution < 1.29 is 20.4 Å². The third kappa shape index (κ3) is 451. The Morgan fingerprint density at radius 2 is 0.636 bits per heavy atom. The van der Waals surface area contributed by atoms with E-state index in [2.05, 4.69) is 60.0 Å². The van der Waals surface area contributed by atoms with Crippen LogP contribution in [0.1, 0.15) is 41.5 Å². The summed E-state index contributed by atoms with van der Waals surface area (Å²) in [5, 5.41) is 0.611. The van der Waals surface area contributed by atoms with E-state index in [0.29, 0.717) is 10.3 Å². The second-order valence-electron chi connectivity index (χ2n) is 4.50. The van der Waals surface area contributed by atoms with Crippen molar-refractivity contribution in [1.82, 2.24) is 0 Å². The zero-order valence-corrected chi connectivity index (χ0v) is 11.9. The van der Waals surface area contributed by atoms with E-state index in [9.17, 15) is 0 Å². The van der Waals surface area contributed by atoms with Gasteiger partial charge in [0.15, 0.2) is 0 Å². The molecule has 0 aliphatic rings. The van der Waals surface area contributed by atoms with Gasteiger partial charge < -0.3 is 18.5 Å². The van der Waals surface area contributed by atoms with Crippen LogP contribution in [0.4, 0.5) is 0 Å². The molecule has 0 aromatic carbocycles. The Morgan fingerprint density at radius 1 is 0.636 bits per heavy atom. The van der Waals surface area contributed by atoms with E-state index >= 15 is 0 Å². The van der Waals surface area contributed by atoms with E-state index in [1.165, 1.54) is 0 Å².